The van der Waals surface area contributed by atoms with Crippen molar-refractivity contribution >= 4 is 5.82 Å². The van der Waals surface area contributed by atoms with Gasteiger partial charge in [0.25, 0.3) is 0 Å². The molecule has 0 saturated carbocycles. The zero-order valence-electron chi connectivity index (χ0n) is 9.70. The molecule has 1 aromatic heterocycles. The fraction of sp³-hybridized carbons (Fsp3) is 0.455. The van der Waals surface area contributed by atoms with E-state index in [2.05, 4.69) is 4.98 Å². The highest BCUT2D eigenvalue weighted by Crippen LogP contribution is 2.23. The molecule has 0 fully saturated rings. The van der Waals surface area contributed by atoms with Gasteiger partial charge < -0.3 is 10.0 Å². The number of hydrogen-bond donors (Lipinski definition) is 1. The fourth-order valence-corrected chi connectivity index (χ4v) is 1.47. The van der Waals surface area contributed by atoms with E-state index in [1.807, 2.05) is 0 Å². The van der Waals surface area contributed by atoms with E-state index in [1.165, 1.54) is 6.07 Å². The summed E-state index contributed by atoms with van der Waals surface area (Å²) < 4.78 is 37.3. The second-order valence-corrected chi connectivity index (χ2v) is 3.70. The number of nitrogens with zero attached hydrogens (tertiary/aromatic N) is 3. The summed E-state index contributed by atoms with van der Waals surface area (Å²) >= 11 is 0. The smallest absolute Gasteiger partial charge is 0.395 e. The molecule has 0 unspecified atom stereocenters. The van der Waals surface area contributed by atoms with Crippen LogP contribution < -0.4 is 4.90 Å². The number of halogens is 3. The van der Waals surface area contributed by atoms with E-state index < -0.39 is 19.3 Å². The maximum Gasteiger partial charge on any atom is 0.405 e. The van der Waals surface area contributed by atoms with Crippen molar-refractivity contribution in [1.29, 1.82) is 5.26 Å². The van der Waals surface area contributed by atoms with Gasteiger partial charge in [0, 0.05) is 12.2 Å². The van der Waals surface area contributed by atoms with Crippen molar-refractivity contribution in [3.63, 3.8) is 0 Å². The van der Waals surface area contributed by atoms with Crippen LogP contribution in [0.15, 0.2) is 12.1 Å². The Kier molecular flexibility index (Phi) is 4.50. The molecule has 0 saturated heterocycles. The number of aliphatic hydroxyl groups excluding tert-OH is 1. The Morgan fingerprint density at radius 3 is 2.61 bits per heavy atom. The number of aliphatic hydroxyl groups is 1. The third-order valence-electron chi connectivity index (χ3n) is 2.17. The van der Waals surface area contributed by atoms with E-state index in [0.717, 1.165) is 4.90 Å². The predicted octanol–water partition coefficient (Wildman–Crippen LogP) is 1.62. The number of hydrogen-bond acceptors (Lipinski definition) is 4. The number of rotatable bonds is 4. The third-order valence-corrected chi connectivity index (χ3v) is 2.17. The predicted molar refractivity (Wildman–Crippen MR) is 59.0 cm³/mol. The van der Waals surface area contributed by atoms with Crippen LogP contribution in [0.4, 0.5) is 19.0 Å². The molecular weight excluding hydrogens is 247 g/mol. The SMILES string of the molecule is Cc1ccc(C#N)c(N(CCO)CC(F)(F)F)n1. The van der Waals surface area contributed by atoms with Crippen molar-refractivity contribution in [3.05, 3.63) is 23.4 Å². The van der Waals surface area contributed by atoms with Gasteiger partial charge in [0.1, 0.15) is 18.4 Å². The third kappa shape index (κ3) is 3.89. The molecule has 0 amide bonds. The van der Waals surface area contributed by atoms with E-state index in [0.29, 0.717) is 5.69 Å². The number of alkyl halides is 3. The number of pyridine rings is 1. The molecule has 0 spiro atoms. The fourth-order valence-electron chi connectivity index (χ4n) is 1.47. The van der Waals surface area contributed by atoms with Crippen molar-refractivity contribution in [2.45, 2.75) is 13.1 Å². The van der Waals surface area contributed by atoms with Crippen LogP contribution in [-0.2, 0) is 0 Å². The maximum absolute atomic E-state index is 12.4. The van der Waals surface area contributed by atoms with E-state index in [-0.39, 0.29) is 17.9 Å². The normalized spacial score (nSPS) is 11.1. The van der Waals surface area contributed by atoms with Gasteiger partial charge in [0.05, 0.1) is 12.2 Å². The molecule has 0 radical (unpaired) electrons. The van der Waals surface area contributed by atoms with Crippen LogP contribution >= 0.6 is 0 Å². The van der Waals surface area contributed by atoms with Crippen LogP contribution in [0.1, 0.15) is 11.3 Å². The molecule has 98 valence electrons. The second kappa shape index (κ2) is 5.69. The highest BCUT2D eigenvalue weighted by atomic mass is 19.4. The Labute approximate surface area is 102 Å². The Bertz CT molecular complexity index is 454. The number of nitriles is 1. The van der Waals surface area contributed by atoms with Gasteiger partial charge in [-0.05, 0) is 19.1 Å². The zero-order valence-corrected chi connectivity index (χ0v) is 9.70. The van der Waals surface area contributed by atoms with Gasteiger partial charge in [0.2, 0.25) is 0 Å². The van der Waals surface area contributed by atoms with Crippen molar-refractivity contribution < 1.29 is 18.3 Å². The first-order valence-electron chi connectivity index (χ1n) is 5.17. The molecule has 0 aliphatic rings. The molecule has 0 bridgehead atoms. The minimum absolute atomic E-state index is 0.0520. The van der Waals surface area contributed by atoms with Gasteiger partial charge in [0.15, 0.2) is 0 Å². The van der Waals surface area contributed by atoms with Gasteiger partial charge in [-0.3, -0.25) is 0 Å². The van der Waals surface area contributed by atoms with Crippen molar-refractivity contribution in [3.8, 4) is 6.07 Å². The van der Waals surface area contributed by atoms with Crippen LogP contribution in [0.2, 0.25) is 0 Å². The summed E-state index contributed by atoms with van der Waals surface area (Å²) in [5.41, 5.74) is 0.562. The summed E-state index contributed by atoms with van der Waals surface area (Å²) in [5, 5.41) is 17.7. The molecule has 18 heavy (non-hydrogen) atoms. The van der Waals surface area contributed by atoms with Gasteiger partial charge in [-0.15, -0.1) is 0 Å². The quantitative estimate of drug-likeness (QED) is 0.892. The Morgan fingerprint density at radius 1 is 1.44 bits per heavy atom. The standard InChI is InChI=1S/C11H12F3N3O/c1-8-2-3-9(6-15)10(16-8)17(4-5-18)7-11(12,13)14/h2-3,18H,4-5,7H2,1H3. The van der Waals surface area contributed by atoms with Gasteiger partial charge in [-0.1, -0.05) is 0 Å². The lowest BCUT2D eigenvalue weighted by Crippen LogP contribution is -2.37. The molecule has 1 aromatic rings. The minimum atomic E-state index is -4.42. The average Bonchev–Trinajstić information content (AvgIpc) is 2.26. The first-order valence-corrected chi connectivity index (χ1v) is 5.17. The first-order chi connectivity index (χ1) is 8.37. The van der Waals surface area contributed by atoms with Crippen molar-refractivity contribution in [2.75, 3.05) is 24.6 Å². The van der Waals surface area contributed by atoms with Crippen molar-refractivity contribution in [2.24, 2.45) is 0 Å². The van der Waals surface area contributed by atoms with E-state index in [1.54, 1.807) is 19.1 Å². The molecule has 7 heteroatoms. The second-order valence-electron chi connectivity index (χ2n) is 3.70. The summed E-state index contributed by atoms with van der Waals surface area (Å²) in [4.78, 5) is 4.79. The van der Waals surface area contributed by atoms with E-state index in [9.17, 15) is 13.2 Å². The molecular formula is C11H12F3N3O. The zero-order chi connectivity index (χ0) is 13.8. The lowest BCUT2D eigenvalue weighted by Gasteiger charge is -2.25. The van der Waals surface area contributed by atoms with Crippen LogP contribution in [0.3, 0.4) is 0 Å². The minimum Gasteiger partial charge on any atom is -0.395 e. The summed E-state index contributed by atoms with van der Waals surface area (Å²) in [5.74, 6) is -0.0520. The topological polar surface area (TPSA) is 60.2 Å². The summed E-state index contributed by atoms with van der Waals surface area (Å²) in [7, 11) is 0. The van der Waals surface area contributed by atoms with Crippen LogP contribution in [-0.4, -0.2) is 36.0 Å². The highest BCUT2D eigenvalue weighted by molar-refractivity contribution is 5.54. The van der Waals surface area contributed by atoms with Gasteiger partial charge in [-0.25, -0.2) is 4.98 Å². The van der Waals surface area contributed by atoms with E-state index in [4.69, 9.17) is 10.4 Å². The summed E-state index contributed by atoms with van der Waals surface area (Å²) in [6, 6.07) is 4.76. The number of aryl methyl sites for hydroxylation is 1. The van der Waals surface area contributed by atoms with Crippen LogP contribution in [0, 0.1) is 18.3 Å². The summed E-state index contributed by atoms with van der Waals surface area (Å²) in [6.07, 6.45) is -4.42. The molecule has 1 heterocycles. The summed E-state index contributed by atoms with van der Waals surface area (Å²) in [6.45, 7) is -0.310. The average molecular weight is 259 g/mol. The Hall–Kier alpha value is -1.81. The first kappa shape index (κ1) is 14.3. The van der Waals surface area contributed by atoms with Gasteiger partial charge in [-0.2, -0.15) is 18.4 Å². The molecule has 1 rings (SSSR count). The molecule has 0 atom stereocenters. The molecule has 0 aromatic carbocycles. The molecule has 0 aliphatic carbocycles. The number of anilines is 1. The van der Waals surface area contributed by atoms with Gasteiger partial charge >= 0.3 is 6.18 Å². The number of aromatic nitrogens is 1. The largest absolute Gasteiger partial charge is 0.405 e. The Morgan fingerprint density at radius 2 is 2.11 bits per heavy atom. The molecule has 0 aliphatic heterocycles. The van der Waals surface area contributed by atoms with Crippen molar-refractivity contribution in [1.82, 2.24) is 4.98 Å². The Balaban J connectivity index is 3.12. The highest BCUT2D eigenvalue weighted by Gasteiger charge is 2.32. The molecule has 4 nitrogen and oxygen atoms in total. The lowest BCUT2D eigenvalue weighted by molar-refractivity contribution is -0.120. The van der Waals surface area contributed by atoms with E-state index >= 15 is 0 Å². The lowest BCUT2D eigenvalue weighted by atomic mass is 10.2. The van der Waals surface area contributed by atoms with Crippen LogP contribution in [0.25, 0.3) is 0 Å². The monoisotopic (exact) mass is 259 g/mol. The van der Waals surface area contributed by atoms with Crippen LogP contribution in [0.5, 0.6) is 0 Å². The molecule has 1 N–H and O–H groups in total. The maximum atomic E-state index is 12.4.